The highest BCUT2D eigenvalue weighted by atomic mass is 16.1. The molecule has 0 amide bonds. The fraction of sp³-hybridized carbons (Fsp3) is 0.190. The highest BCUT2D eigenvalue weighted by Gasteiger charge is 2.17. The number of hydrogen-bond acceptors (Lipinski definition) is 5. The summed E-state index contributed by atoms with van der Waals surface area (Å²) in [5, 5.41) is 8.46. The molecule has 0 bridgehead atoms. The zero-order valence-electron chi connectivity index (χ0n) is 16.0. The van der Waals surface area contributed by atoms with Crippen LogP contribution in [-0.4, -0.2) is 40.7 Å². The number of aryl methyl sites for hydroxylation is 1. The van der Waals surface area contributed by atoms with E-state index in [0.29, 0.717) is 24.3 Å². The zero-order valence-corrected chi connectivity index (χ0v) is 16.0. The van der Waals surface area contributed by atoms with E-state index in [1.807, 2.05) is 42.7 Å². The Balaban J connectivity index is 1.59. The van der Waals surface area contributed by atoms with Gasteiger partial charge in [-0.25, -0.2) is 4.98 Å². The number of rotatable bonds is 8. The van der Waals surface area contributed by atoms with Crippen molar-refractivity contribution in [2.45, 2.75) is 19.5 Å². The Kier molecular flexibility index (Phi) is 5.15. The molecule has 0 N–H and O–H groups in total. The summed E-state index contributed by atoms with van der Waals surface area (Å²) in [6.07, 6.45) is 10.1. The third-order valence-electron chi connectivity index (χ3n) is 4.49. The van der Waals surface area contributed by atoms with Gasteiger partial charge in [-0.2, -0.15) is 10.2 Å². The molecule has 0 atom stereocenters. The van der Waals surface area contributed by atoms with Gasteiger partial charge in [-0.3, -0.25) is 19.0 Å². The molecular formula is C21H20N6O2. The van der Waals surface area contributed by atoms with Gasteiger partial charge >= 0.3 is 0 Å². The molecule has 8 nitrogen and oxygen atoms in total. The van der Waals surface area contributed by atoms with Crippen LogP contribution in [0.15, 0.2) is 67.6 Å². The number of Topliss-reactive ketones (excluding diaryl/α,β-unsaturated/α-hetero) is 2. The predicted octanol–water partition coefficient (Wildman–Crippen LogP) is 2.37. The minimum absolute atomic E-state index is 0.219. The highest BCUT2D eigenvalue weighted by Crippen LogP contribution is 2.16. The molecule has 3 aromatic heterocycles. The van der Waals surface area contributed by atoms with Crippen molar-refractivity contribution in [3.05, 3.63) is 90.0 Å². The average Bonchev–Trinajstić information content (AvgIpc) is 3.45. The number of benzene rings is 1. The highest BCUT2D eigenvalue weighted by molar-refractivity contribution is 6.12. The van der Waals surface area contributed by atoms with E-state index in [1.165, 1.54) is 0 Å². The first kappa shape index (κ1) is 18.5. The smallest absolute Gasteiger partial charge is 0.190 e. The Morgan fingerprint density at radius 2 is 1.52 bits per heavy atom. The number of ketones is 2. The number of nitrogens with zero attached hydrogens (tertiary/aromatic N) is 6. The van der Waals surface area contributed by atoms with E-state index >= 15 is 0 Å². The molecule has 0 radical (unpaired) electrons. The summed E-state index contributed by atoms with van der Waals surface area (Å²) in [5.41, 5.74) is 2.67. The number of aromatic nitrogens is 6. The Labute approximate surface area is 167 Å². The first-order chi connectivity index (χ1) is 14.1. The van der Waals surface area contributed by atoms with Crippen LogP contribution in [-0.2, 0) is 20.1 Å². The predicted molar refractivity (Wildman–Crippen MR) is 106 cm³/mol. The van der Waals surface area contributed by atoms with Gasteiger partial charge in [-0.15, -0.1) is 0 Å². The lowest BCUT2D eigenvalue weighted by Crippen LogP contribution is -2.11. The Morgan fingerprint density at radius 1 is 0.897 bits per heavy atom. The summed E-state index contributed by atoms with van der Waals surface area (Å²) in [5.74, 6) is -0.522. The SMILES string of the molecule is Cn1cnc(C(=O)CC(=O)c2cc(Cn3cccn3)cc(Cn3cccn3)c2)c1. The van der Waals surface area contributed by atoms with E-state index in [4.69, 9.17) is 0 Å². The summed E-state index contributed by atoms with van der Waals surface area (Å²) >= 11 is 0. The molecule has 29 heavy (non-hydrogen) atoms. The van der Waals surface area contributed by atoms with E-state index in [9.17, 15) is 9.59 Å². The molecule has 0 unspecified atom stereocenters. The Bertz CT molecular complexity index is 1070. The quantitative estimate of drug-likeness (QED) is 0.342. The third-order valence-corrected chi connectivity index (χ3v) is 4.49. The lowest BCUT2D eigenvalue weighted by atomic mass is 9.99. The van der Waals surface area contributed by atoms with Crippen LogP contribution in [0, 0.1) is 0 Å². The van der Waals surface area contributed by atoms with Crippen molar-refractivity contribution in [3.8, 4) is 0 Å². The summed E-state index contributed by atoms with van der Waals surface area (Å²) in [6, 6.07) is 9.38. The van der Waals surface area contributed by atoms with Gasteiger partial charge in [0, 0.05) is 43.6 Å². The molecule has 0 fully saturated rings. The molecule has 0 aliphatic heterocycles. The van der Waals surface area contributed by atoms with E-state index in [0.717, 1.165) is 11.1 Å². The van der Waals surface area contributed by atoms with Crippen LogP contribution in [0.5, 0.6) is 0 Å². The normalized spacial score (nSPS) is 10.9. The molecular weight excluding hydrogens is 368 g/mol. The van der Waals surface area contributed by atoms with Crippen molar-refractivity contribution in [2.75, 3.05) is 0 Å². The molecule has 0 aliphatic carbocycles. The molecule has 0 spiro atoms. The van der Waals surface area contributed by atoms with Crippen molar-refractivity contribution >= 4 is 11.6 Å². The topological polar surface area (TPSA) is 87.6 Å². The van der Waals surface area contributed by atoms with Crippen molar-refractivity contribution < 1.29 is 9.59 Å². The van der Waals surface area contributed by atoms with Crippen LogP contribution in [0.3, 0.4) is 0 Å². The number of imidazole rings is 1. The van der Waals surface area contributed by atoms with Crippen molar-refractivity contribution in [2.24, 2.45) is 7.05 Å². The van der Waals surface area contributed by atoms with Gasteiger partial charge in [0.2, 0.25) is 0 Å². The van der Waals surface area contributed by atoms with Gasteiger partial charge in [-0.1, -0.05) is 6.07 Å². The second-order valence-electron chi connectivity index (χ2n) is 6.89. The van der Waals surface area contributed by atoms with Crippen LogP contribution in [0.4, 0.5) is 0 Å². The van der Waals surface area contributed by atoms with Crippen molar-refractivity contribution in [1.82, 2.24) is 29.1 Å². The average molecular weight is 388 g/mol. The van der Waals surface area contributed by atoms with Gasteiger partial charge < -0.3 is 4.57 Å². The molecule has 3 heterocycles. The van der Waals surface area contributed by atoms with Gasteiger partial charge in [0.05, 0.1) is 25.8 Å². The Morgan fingerprint density at radius 3 is 2.00 bits per heavy atom. The number of carbonyl (C=O) groups is 2. The summed E-state index contributed by atoms with van der Waals surface area (Å²) in [7, 11) is 1.78. The van der Waals surface area contributed by atoms with E-state index < -0.39 is 0 Å². The number of hydrogen-bond donors (Lipinski definition) is 0. The van der Waals surface area contributed by atoms with Crippen LogP contribution < -0.4 is 0 Å². The zero-order chi connectivity index (χ0) is 20.2. The molecule has 0 saturated carbocycles. The maximum atomic E-state index is 12.8. The first-order valence-corrected chi connectivity index (χ1v) is 9.19. The minimum Gasteiger partial charge on any atom is -0.340 e. The monoisotopic (exact) mass is 388 g/mol. The summed E-state index contributed by atoms with van der Waals surface area (Å²) in [6.45, 7) is 1.07. The minimum atomic E-state index is -0.290. The second kappa shape index (κ2) is 8.05. The second-order valence-corrected chi connectivity index (χ2v) is 6.89. The van der Waals surface area contributed by atoms with E-state index in [1.54, 1.807) is 45.9 Å². The van der Waals surface area contributed by atoms with Gasteiger partial charge in [0.15, 0.2) is 11.6 Å². The van der Waals surface area contributed by atoms with E-state index in [-0.39, 0.29) is 18.0 Å². The summed E-state index contributed by atoms with van der Waals surface area (Å²) < 4.78 is 5.27. The van der Waals surface area contributed by atoms with Crippen LogP contribution in [0.1, 0.15) is 38.4 Å². The van der Waals surface area contributed by atoms with Crippen molar-refractivity contribution in [1.29, 1.82) is 0 Å². The fourth-order valence-corrected chi connectivity index (χ4v) is 3.16. The Hall–Kier alpha value is -3.81. The maximum Gasteiger partial charge on any atom is 0.190 e. The maximum absolute atomic E-state index is 12.8. The summed E-state index contributed by atoms with van der Waals surface area (Å²) in [4.78, 5) is 29.3. The molecule has 1 aromatic carbocycles. The number of carbonyl (C=O) groups excluding carboxylic acids is 2. The molecule has 8 heteroatoms. The van der Waals surface area contributed by atoms with Crippen LogP contribution in [0.25, 0.3) is 0 Å². The van der Waals surface area contributed by atoms with Crippen LogP contribution >= 0.6 is 0 Å². The molecule has 146 valence electrons. The molecule has 4 rings (SSSR count). The lowest BCUT2D eigenvalue weighted by molar-refractivity contribution is 0.0891. The van der Waals surface area contributed by atoms with E-state index in [2.05, 4.69) is 15.2 Å². The molecule has 4 aromatic rings. The first-order valence-electron chi connectivity index (χ1n) is 9.19. The van der Waals surface area contributed by atoms with Gasteiger partial charge in [-0.05, 0) is 35.4 Å². The molecule has 0 aliphatic rings. The molecule has 0 saturated heterocycles. The lowest BCUT2D eigenvalue weighted by Gasteiger charge is -2.10. The van der Waals surface area contributed by atoms with Crippen LogP contribution in [0.2, 0.25) is 0 Å². The largest absolute Gasteiger partial charge is 0.340 e. The van der Waals surface area contributed by atoms with Crippen molar-refractivity contribution in [3.63, 3.8) is 0 Å². The third kappa shape index (κ3) is 4.55. The van der Waals surface area contributed by atoms with Gasteiger partial charge in [0.1, 0.15) is 5.69 Å². The van der Waals surface area contributed by atoms with Gasteiger partial charge in [0.25, 0.3) is 0 Å². The standard InChI is InChI=1S/C21H20N6O2/c1-25-14-19(22-15-25)21(29)11-20(28)18-9-16(12-26-6-2-4-23-26)8-17(10-18)13-27-7-3-5-24-27/h2-10,14-15H,11-13H2,1H3. The fourth-order valence-electron chi connectivity index (χ4n) is 3.16.